The van der Waals surface area contributed by atoms with Gasteiger partial charge in [-0.15, -0.1) is 11.3 Å². The molecule has 2 amide bonds. The first-order chi connectivity index (χ1) is 13.0. The van der Waals surface area contributed by atoms with Gasteiger partial charge < -0.3 is 10.6 Å². The summed E-state index contributed by atoms with van der Waals surface area (Å²) >= 11 is 1.49. The van der Waals surface area contributed by atoms with E-state index < -0.39 is 16.7 Å². The highest BCUT2D eigenvalue weighted by Crippen LogP contribution is 2.14. The number of nitrogens with one attached hydrogen (secondary N) is 2. The third kappa shape index (κ3) is 6.52. The average molecular weight is 385 g/mol. The Hall–Kier alpha value is -3.26. The number of hydrogen-bond acceptors (Lipinski definition) is 5. The number of nitro groups is 1. The number of rotatable bonds is 8. The van der Waals surface area contributed by atoms with Crippen molar-refractivity contribution >= 4 is 41.0 Å². The maximum Gasteiger partial charge on any atom is 0.269 e. The van der Waals surface area contributed by atoms with Crippen LogP contribution in [0.25, 0.3) is 12.2 Å². The van der Waals surface area contributed by atoms with Crippen molar-refractivity contribution in [1.82, 2.24) is 10.6 Å². The Labute approximate surface area is 160 Å². The van der Waals surface area contributed by atoms with Gasteiger partial charge in [-0.05, 0) is 47.7 Å². The molecule has 2 rings (SSSR count). The molecule has 0 saturated heterocycles. The third-order valence-corrected chi connectivity index (χ3v) is 4.23. The molecule has 0 saturated carbocycles. The number of nitrogens with zero attached hydrogens (tertiary/aromatic N) is 1. The first-order valence-corrected chi connectivity index (χ1v) is 9.14. The normalized spacial score (nSPS) is 11.4. The van der Waals surface area contributed by atoms with Gasteiger partial charge in [0.1, 0.15) is 5.70 Å². The molecule has 0 unspecified atom stereocenters. The van der Waals surface area contributed by atoms with E-state index in [0.717, 1.165) is 11.3 Å². The van der Waals surface area contributed by atoms with Crippen LogP contribution in [0.3, 0.4) is 0 Å². The molecule has 1 aromatic carbocycles. The minimum absolute atomic E-state index is 0.0490. The van der Waals surface area contributed by atoms with Gasteiger partial charge >= 0.3 is 0 Å². The highest BCUT2D eigenvalue weighted by atomic mass is 32.1. The number of non-ortho nitro benzene ring substituents is 1. The number of amides is 2. The molecule has 1 aromatic heterocycles. The van der Waals surface area contributed by atoms with Crippen molar-refractivity contribution in [3.63, 3.8) is 0 Å². The Bertz CT molecular complexity index is 856. The van der Waals surface area contributed by atoms with Gasteiger partial charge in [-0.3, -0.25) is 19.7 Å². The molecule has 0 aliphatic heterocycles. The van der Waals surface area contributed by atoms with Crippen molar-refractivity contribution in [3.8, 4) is 0 Å². The number of hydrogen-bond donors (Lipinski definition) is 2. The van der Waals surface area contributed by atoms with E-state index in [1.807, 2.05) is 24.4 Å². The predicted molar refractivity (Wildman–Crippen MR) is 106 cm³/mol. The molecule has 27 heavy (non-hydrogen) atoms. The highest BCUT2D eigenvalue weighted by molar-refractivity contribution is 7.10. The first kappa shape index (κ1) is 20.1. The Balaban J connectivity index is 2.18. The van der Waals surface area contributed by atoms with Gasteiger partial charge in [-0.2, -0.15) is 0 Å². The molecule has 0 radical (unpaired) electrons. The number of carbonyl (C=O) groups excluding carboxylic acids is 2. The Morgan fingerprint density at radius 1 is 1.22 bits per heavy atom. The van der Waals surface area contributed by atoms with Crippen LogP contribution in [0.5, 0.6) is 0 Å². The quantitative estimate of drug-likeness (QED) is 0.413. The monoisotopic (exact) mass is 385 g/mol. The lowest BCUT2D eigenvalue weighted by Crippen LogP contribution is -2.34. The number of carbonyl (C=O) groups is 2. The van der Waals surface area contributed by atoms with Crippen molar-refractivity contribution in [1.29, 1.82) is 0 Å². The Morgan fingerprint density at radius 3 is 2.56 bits per heavy atom. The molecule has 2 aromatic rings. The summed E-state index contributed by atoms with van der Waals surface area (Å²) in [4.78, 5) is 35.6. The molecule has 0 atom stereocenters. The van der Waals surface area contributed by atoms with Gasteiger partial charge in [-0.1, -0.05) is 13.0 Å². The van der Waals surface area contributed by atoms with E-state index >= 15 is 0 Å². The molecule has 0 aliphatic rings. The van der Waals surface area contributed by atoms with Gasteiger partial charge in [0.25, 0.3) is 11.6 Å². The topological polar surface area (TPSA) is 101 Å². The van der Waals surface area contributed by atoms with Gasteiger partial charge in [0.2, 0.25) is 5.91 Å². The van der Waals surface area contributed by atoms with Gasteiger partial charge in [-0.25, -0.2) is 0 Å². The molecule has 0 spiro atoms. The minimum atomic E-state index is -0.500. The van der Waals surface area contributed by atoms with Gasteiger partial charge in [0, 0.05) is 29.6 Å². The fourth-order valence-electron chi connectivity index (χ4n) is 2.07. The summed E-state index contributed by atoms with van der Waals surface area (Å²) in [6.07, 6.45) is 5.24. The Kier molecular flexibility index (Phi) is 7.45. The molecule has 2 N–H and O–H groups in total. The van der Waals surface area contributed by atoms with E-state index in [4.69, 9.17) is 0 Å². The van der Waals surface area contributed by atoms with Crippen molar-refractivity contribution in [2.75, 3.05) is 6.54 Å². The second-order valence-electron chi connectivity index (χ2n) is 5.50. The van der Waals surface area contributed by atoms with E-state index in [1.165, 1.54) is 47.8 Å². The summed E-state index contributed by atoms with van der Waals surface area (Å²) in [5.41, 5.74) is 0.579. The van der Waals surface area contributed by atoms with Crippen LogP contribution in [0.15, 0.2) is 53.6 Å². The maximum atomic E-state index is 12.3. The largest absolute Gasteiger partial charge is 0.351 e. The van der Waals surface area contributed by atoms with Crippen molar-refractivity contribution < 1.29 is 14.5 Å². The maximum absolute atomic E-state index is 12.3. The molecular weight excluding hydrogens is 366 g/mol. The van der Waals surface area contributed by atoms with Crippen LogP contribution in [0.4, 0.5) is 5.69 Å². The van der Waals surface area contributed by atoms with Crippen molar-refractivity contribution in [2.24, 2.45) is 0 Å². The molecule has 7 nitrogen and oxygen atoms in total. The zero-order valence-electron chi connectivity index (χ0n) is 14.7. The number of thiophene rings is 1. The zero-order chi connectivity index (χ0) is 19.6. The summed E-state index contributed by atoms with van der Waals surface area (Å²) in [7, 11) is 0. The summed E-state index contributed by atoms with van der Waals surface area (Å²) in [5, 5.41) is 17.9. The Morgan fingerprint density at radius 2 is 1.96 bits per heavy atom. The van der Waals surface area contributed by atoms with Gasteiger partial charge in [0.15, 0.2) is 0 Å². The fourth-order valence-corrected chi connectivity index (χ4v) is 2.69. The molecule has 0 bridgehead atoms. The molecule has 8 heteroatoms. The lowest BCUT2D eigenvalue weighted by molar-refractivity contribution is -0.384. The minimum Gasteiger partial charge on any atom is -0.351 e. The van der Waals surface area contributed by atoms with Crippen LogP contribution in [0, 0.1) is 10.1 Å². The SMILES string of the molecule is CCCNC(=O)/C(=C/c1ccc([N+](=O)[O-])cc1)NC(=O)/C=C/c1cccs1. The van der Waals surface area contributed by atoms with Crippen LogP contribution in [0.1, 0.15) is 23.8 Å². The molecule has 0 aliphatic carbocycles. The van der Waals surface area contributed by atoms with Crippen LogP contribution >= 0.6 is 11.3 Å². The third-order valence-electron chi connectivity index (χ3n) is 3.40. The predicted octanol–water partition coefficient (Wildman–Crippen LogP) is 3.35. The molecule has 140 valence electrons. The van der Waals surface area contributed by atoms with Crippen LogP contribution < -0.4 is 10.6 Å². The van der Waals surface area contributed by atoms with Crippen LogP contribution in [-0.2, 0) is 9.59 Å². The van der Waals surface area contributed by atoms with E-state index in [-0.39, 0.29) is 11.4 Å². The first-order valence-electron chi connectivity index (χ1n) is 8.26. The van der Waals surface area contributed by atoms with E-state index in [1.54, 1.807) is 6.08 Å². The highest BCUT2D eigenvalue weighted by Gasteiger charge is 2.12. The summed E-state index contributed by atoms with van der Waals surface area (Å²) < 4.78 is 0. The van der Waals surface area contributed by atoms with Crippen molar-refractivity contribution in [3.05, 3.63) is 74.1 Å². The summed E-state index contributed by atoms with van der Waals surface area (Å²) in [6, 6.07) is 9.45. The van der Waals surface area contributed by atoms with Crippen LogP contribution in [0.2, 0.25) is 0 Å². The summed E-state index contributed by atoms with van der Waals surface area (Å²) in [5.74, 6) is -0.865. The van der Waals surface area contributed by atoms with E-state index in [2.05, 4.69) is 10.6 Å². The second-order valence-corrected chi connectivity index (χ2v) is 6.48. The second kappa shape index (κ2) is 10.0. The number of benzene rings is 1. The fraction of sp³-hybridized carbons (Fsp3) is 0.158. The van der Waals surface area contributed by atoms with Crippen LogP contribution in [-0.4, -0.2) is 23.3 Å². The molecule has 0 fully saturated rings. The van der Waals surface area contributed by atoms with E-state index in [9.17, 15) is 19.7 Å². The average Bonchev–Trinajstić information content (AvgIpc) is 3.18. The summed E-state index contributed by atoms with van der Waals surface area (Å²) in [6.45, 7) is 2.39. The molecule has 1 heterocycles. The lowest BCUT2D eigenvalue weighted by Gasteiger charge is -2.09. The smallest absolute Gasteiger partial charge is 0.269 e. The number of nitro benzene ring substituents is 1. The van der Waals surface area contributed by atoms with Crippen molar-refractivity contribution in [2.45, 2.75) is 13.3 Å². The zero-order valence-corrected chi connectivity index (χ0v) is 15.5. The molecular formula is C19H19N3O4S. The van der Waals surface area contributed by atoms with E-state index in [0.29, 0.717) is 12.1 Å². The van der Waals surface area contributed by atoms with Gasteiger partial charge in [0.05, 0.1) is 4.92 Å². The standard InChI is InChI=1S/C19H19N3O4S/c1-2-11-20-19(24)17(13-14-5-7-15(8-6-14)22(25)26)21-18(23)10-9-16-4-3-12-27-16/h3-10,12-13H,2,11H2,1H3,(H,20,24)(H,21,23)/b10-9+,17-13-. The lowest BCUT2D eigenvalue weighted by atomic mass is 10.1.